The molecule has 5 heteroatoms. The summed E-state index contributed by atoms with van der Waals surface area (Å²) in [6.07, 6.45) is 0. The minimum atomic E-state index is 0. The number of hydrogen-bond acceptors (Lipinski definition) is 3. The molecule has 4 N–H and O–H groups in total. The minimum absolute atomic E-state index is 0. The number of rotatable bonds is 1. The molecule has 0 rings (SSSR count). The van der Waals surface area contributed by atoms with Gasteiger partial charge in [-0.1, -0.05) is 0 Å². The summed E-state index contributed by atoms with van der Waals surface area (Å²) in [4.78, 5) is 0. The monoisotopic (exact) mass is 397 g/mol. The van der Waals surface area contributed by atoms with E-state index in [1.165, 1.54) is 0 Å². The molecule has 0 radical (unpaired) electrons. The number of nitrogens with zero attached hydrogens (tertiary/aromatic N) is 1. The third-order valence-corrected chi connectivity index (χ3v) is 0.167. The van der Waals surface area contributed by atoms with Crippen molar-refractivity contribution in [2.75, 3.05) is 13.1 Å². The number of nitrogens with two attached hydrogens (primary N) is 2. The molecule has 0 unspecified atom stereocenters. The molecule has 0 aliphatic heterocycles. The molecule has 0 saturated carbocycles. The summed E-state index contributed by atoms with van der Waals surface area (Å²) in [5.74, 6) is 0. The maximum atomic E-state index is 6.25. The molecule has 8 heavy (non-hydrogen) atoms. The van der Waals surface area contributed by atoms with Crippen LogP contribution < -0.4 is 11.5 Å². The normalized spacial score (nSPS) is 4.00. The fourth-order valence-electron chi connectivity index (χ4n) is 0. The summed E-state index contributed by atoms with van der Waals surface area (Å²) in [6.45, 7) is 5.94. The Hall–Kier alpha value is 1.07. The first kappa shape index (κ1) is 23.0. The van der Waals surface area contributed by atoms with Crippen LogP contribution in [0.25, 0.3) is 0 Å². The van der Waals surface area contributed by atoms with E-state index in [4.69, 9.17) is 23.3 Å². The fraction of sp³-hybridized carbons (Fsp3) is 0.667. The van der Waals surface area contributed by atoms with Crippen molar-refractivity contribution < 1.29 is 49.7 Å². The van der Waals surface area contributed by atoms with Crippen LogP contribution in [0.15, 0.2) is 0 Å². The molecule has 0 aromatic rings. The molecule has 0 fully saturated rings. The summed E-state index contributed by atoms with van der Waals surface area (Å²) in [5, 5.41) is 6.25. The molecular weight excluding hydrogens is 387 g/mol. The van der Waals surface area contributed by atoms with E-state index in [0.717, 1.165) is 0 Å². The molecule has 46 valence electrons. The van der Waals surface area contributed by atoms with Gasteiger partial charge in [0, 0.05) is 13.1 Å². The summed E-state index contributed by atoms with van der Waals surface area (Å²) in [6, 6.07) is 0. The van der Waals surface area contributed by atoms with Gasteiger partial charge in [-0.25, -0.2) is 0 Å². The molecule has 0 amide bonds. The third-order valence-electron chi connectivity index (χ3n) is 0.167. The topological polar surface area (TPSA) is 75.8 Å². The van der Waals surface area contributed by atoms with Crippen LogP contribution in [-0.4, -0.2) is 13.1 Å². The molecule has 0 bridgehead atoms. The Morgan fingerprint density at radius 1 is 1.12 bits per heavy atom. The number of hydrogen-bond donors (Lipinski definition) is 2. The Morgan fingerprint density at radius 3 is 1.25 bits per heavy atom. The van der Waals surface area contributed by atoms with E-state index < -0.39 is 0 Å². The van der Waals surface area contributed by atoms with E-state index in [1.807, 2.05) is 0 Å². The van der Waals surface area contributed by atoms with Gasteiger partial charge in [0.05, 0.1) is 0 Å². The van der Waals surface area contributed by atoms with Crippen molar-refractivity contribution in [3.63, 3.8) is 0 Å². The van der Waals surface area contributed by atoms with Crippen LogP contribution in [0.4, 0.5) is 0 Å². The second-order valence-electron chi connectivity index (χ2n) is 0.577. The third kappa shape index (κ3) is 60.7. The van der Waals surface area contributed by atoms with Crippen LogP contribution in [0, 0.1) is 11.8 Å². The van der Waals surface area contributed by atoms with Crippen LogP contribution in [-0.2, 0) is 49.7 Å². The molecule has 0 saturated heterocycles. The van der Waals surface area contributed by atoms with E-state index >= 15 is 0 Å². The molecule has 0 heterocycles. The molecular formula is C3H8AuCdN3+2. The zero-order chi connectivity index (χ0) is 5.41. The second kappa shape index (κ2) is 42.8. The van der Waals surface area contributed by atoms with Crippen molar-refractivity contribution >= 4 is 0 Å². The quantitative estimate of drug-likeness (QED) is 0.442. The van der Waals surface area contributed by atoms with E-state index in [9.17, 15) is 0 Å². The van der Waals surface area contributed by atoms with Gasteiger partial charge >= 0.3 is 49.7 Å². The molecule has 0 aromatic carbocycles. The van der Waals surface area contributed by atoms with Crippen molar-refractivity contribution in [1.82, 2.24) is 0 Å². The van der Waals surface area contributed by atoms with Crippen molar-refractivity contribution in [2.45, 2.75) is 0 Å². The van der Waals surface area contributed by atoms with Gasteiger partial charge in [0.2, 0.25) is 0 Å². The van der Waals surface area contributed by atoms with Crippen molar-refractivity contribution in [1.29, 1.82) is 5.26 Å². The smallest absolute Gasteiger partial charge is 0.512 e. The summed E-state index contributed by atoms with van der Waals surface area (Å²) in [5.41, 5.74) is 9.81. The standard InChI is InChI=1S/C2H8N2.CN.Au.Cd/c3-1-2-4;1-2;;/h1-4H2;;;/q;-1;+1;+2. The van der Waals surface area contributed by atoms with Crippen molar-refractivity contribution in [2.24, 2.45) is 11.5 Å². The Kier molecular flexibility index (Phi) is 123. The van der Waals surface area contributed by atoms with Gasteiger partial charge in [-0.2, -0.15) is 0 Å². The first-order valence-electron chi connectivity index (χ1n) is 1.54. The Labute approximate surface area is 85.5 Å². The largest absolute Gasteiger partial charge is 2.00 e. The zero-order valence-corrected chi connectivity index (χ0v) is 10.7. The second-order valence-corrected chi connectivity index (χ2v) is 0.577. The Bertz CT molecular complexity index is 31.0. The van der Waals surface area contributed by atoms with E-state index in [0.29, 0.717) is 13.1 Å². The van der Waals surface area contributed by atoms with E-state index in [-0.39, 0.29) is 49.7 Å². The van der Waals surface area contributed by atoms with Gasteiger partial charge in [0.25, 0.3) is 0 Å². The predicted octanol–water partition coefficient (Wildman–Crippen LogP) is -1.00. The Morgan fingerprint density at radius 2 is 1.25 bits per heavy atom. The first-order chi connectivity index (χ1) is 2.91. The van der Waals surface area contributed by atoms with Gasteiger partial charge in [-0.3, -0.25) is 0 Å². The van der Waals surface area contributed by atoms with Crippen LogP contribution >= 0.6 is 0 Å². The molecule has 0 aliphatic rings. The van der Waals surface area contributed by atoms with E-state index in [1.54, 1.807) is 0 Å². The first-order valence-corrected chi connectivity index (χ1v) is 1.54. The molecule has 0 aromatic heterocycles. The van der Waals surface area contributed by atoms with E-state index in [2.05, 4.69) is 0 Å². The van der Waals surface area contributed by atoms with Crippen LogP contribution in [0.2, 0.25) is 0 Å². The van der Waals surface area contributed by atoms with Crippen LogP contribution in [0.1, 0.15) is 0 Å². The summed E-state index contributed by atoms with van der Waals surface area (Å²) >= 11 is 0. The molecule has 0 atom stereocenters. The van der Waals surface area contributed by atoms with Crippen molar-refractivity contribution in [3.8, 4) is 0 Å². The zero-order valence-electron chi connectivity index (χ0n) is 4.52. The van der Waals surface area contributed by atoms with Gasteiger partial charge in [0.15, 0.2) is 0 Å². The van der Waals surface area contributed by atoms with Gasteiger partial charge < -0.3 is 23.3 Å². The minimum Gasteiger partial charge on any atom is -0.512 e. The Balaban J connectivity index is -0.0000000183. The molecule has 3 nitrogen and oxygen atoms in total. The maximum absolute atomic E-state index is 6.25. The fourth-order valence-corrected chi connectivity index (χ4v) is 0. The SMILES string of the molecule is NCCN.[Au+].[C-]#N.[Cd+2]. The average molecular weight is 395 g/mol. The van der Waals surface area contributed by atoms with Crippen molar-refractivity contribution in [3.05, 3.63) is 6.57 Å². The van der Waals surface area contributed by atoms with Crippen LogP contribution in [0.3, 0.4) is 0 Å². The van der Waals surface area contributed by atoms with Gasteiger partial charge in [-0.05, 0) is 0 Å². The van der Waals surface area contributed by atoms with Gasteiger partial charge in [-0.15, -0.1) is 0 Å². The van der Waals surface area contributed by atoms with Gasteiger partial charge in [0.1, 0.15) is 0 Å². The average Bonchev–Trinajstić information content (AvgIpc) is 1.72. The molecule has 0 aliphatic carbocycles. The molecule has 0 spiro atoms. The summed E-state index contributed by atoms with van der Waals surface area (Å²) in [7, 11) is 0. The van der Waals surface area contributed by atoms with Crippen LogP contribution in [0.5, 0.6) is 0 Å². The predicted molar refractivity (Wildman–Crippen MR) is 23.1 cm³/mol. The summed E-state index contributed by atoms with van der Waals surface area (Å²) < 4.78 is 0. The maximum Gasteiger partial charge on any atom is 2.00 e.